The van der Waals surface area contributed by atoms with Crippen LogP contribution in [0.15, 0.2) is 53.9 Å². The molecule has 0 saturated heterocycles. The van der Waals surface area contributed by atoms with Crippen molar-refractivity contribution in [1.82, 2.24) is 4.98 Å². The highest BCUT2D eigenvalue weighted by Gasteiger charge is 2.14. The van der Waals surface area contributed by atoms with Gasteiger partial charge in [0.05, 0.1) is 10.7 Å². The molecule has 5 nitrogen and oxygen atoms in total. The van der Waals surface area contributed by atoms with Gasteiger partial charge < -0.3 is 9.47 Å². The molecule has 1 N–H and O–H groups in total. The van der Waals surface area contributed by atoms with Gasteiger partial charge >= 0.3 is 6.61 Å². The first-order valence-corrected chi connectivity index (χ1v) is 8.95. The summed E-state index contributed by atoms with van der Waals surface area (Å²) in [5, 5.41) is 4.94. The number of ether oxygens (including phenoxy) is 2. The fourth-order valence-electron chi connectivity index (χ4n) is 2.19. The van der Waals surface area contributed by atoms with Crippen molar-refractivity contribution in [3.05, 3.63) is 58.9 Å². The zero-order chi connectivity index (χ0) is 19.2. The number of thiazole rings is 1. The third-order valence-electron chi connectivity index (χ3n) is 3.33. The quantitative estimate of drug-likeness (QED) is 0.590. The number of nitrogens with one attached hydrogen (secondary N) is 1. The van der Waals surface area contributed by atoms with Gasteiger partial charge in [-0.25, -0.2) is 4.98 Å². The molecular formula is C18H13ClF2N2O3S. The molecule has 0 spiro atoms. The third kappa shape index (κ3) is 5.15. The Kier molecular flexibility index (Phi) is 6.20. The molecule has 2 aromatic carbocycles. The normalized spacial score (nSPS) is 10.7. The van der Waals surface area contributed by atoms with Crippen molar-refractivity contribution >= 4 is 34.0 Å². The van der Waals surface area contributed by atoms with Crippen LogP contribution in [0.25, 0.3) is 11.3 Å². The summed E-state index contributed by atoms with van der Waals surface area (Å²) >= 11 is 7.11. The second-order valence-corrected chi connectivity index (χ2v) is 6.45. The summed E-state index contributed by atoms with van der Waals surface area (Å²) in [6, 6.07) is 13.1. The van der Waals surface area contributed by atoms with Crippen LogP contribution in [0.4, 0.5) is 13.9 Å². The van der Waals surface area contributed by atoms with Gasteiger partial charge in [0.1, 0.15) is 11.5 Å². The van der Waals surface area contributed by atoms with E-state index in [2.05, 4.69) is 15.0 Å². The topological polar surface area (TPSA) is 60.5 Å². The Morgan fingerprint density at radius 1 is 1.15 bits per heavy atom. The van der Waals surface area contributed by atoms with Crippen molar-refractivity contribution in [1.29, 1.82) is 0 Å². The average molecular weight is 411 g/mol. The predicted octanol–water partition coefficient (Wildman–Crippen LogP) is 5.08. The lowest BCUT2D eigenvalue weighted by Crippen LogP contribution is -2.20. The summed E-state index contributed by atoms with van der Waals surface area (Å²) in [6.07, 6.45) is 0. The molecule has 1 aromatic heterocycles. The molecule has 0 unspecified atom stereocenters. The van der Waals surface area contributed by atoms with Crippen LogP contribution in [-0.2, 0) is 4.79 Å². The predicted molar refractivity (Wildman–Crippen MR) is 99.8 cm³/mol. The van der Waals surface area contributed by atoms with Crippen LogP contribution in [0.5, 0.6) is 11.5 Å². The van der Waals surface area contributed by atoms with Crippen molar-refractivity contribution in [3.8, 4) is 22.8 Å². The van der Waals surface area contributed by atoms with Crippen LogP contribution < -0.4 is 14.8 Å². The average Bonchev–Trinajstić information content (AvgIpc) is 3.09. The highest BCUT2D eigenvalue weighted by atomic mass is 35.5. The number of carbonyl (C=O) groups excluding carboxylic acids is 1. The van der Waals surface area contributed by atoms with E-state index in [1.165, 1.54) is 6.07 Å². The minimum atomic E-state index is -2.94. The molecule has 0 bridgehead atoms. The second-order valence-electron chi connectivity index (χ2n) is 5.18. The van der Waals surface area contributed by atoms with Crippen LogP contribution in [-0.4, -0.2) is 24.1 Å². The molecule has 0 aliphatic rings. The highest BCUT2D eigenvalue weighted by Crippen LogP contribution is 2.33. The number of rotatable bonds is 7. The Morgan fingerprint density at radius 3 is 2.59 bits per heavy atom. The lowest BCUT2D eigenvalue weighted by molar-refractivity contribution is -0.118. The molecule has 0 fully saturated rings. The number of anilines is 1. The van der Waals surface area contributed by atoms with E-state index in [1.807, 2.05) is 0 Å². The fraction of sp³-hybridized carbons (Fsp3) is 0.111. The maximum Gasteiger partial charge on any atom is 0.387 e. The first kappa shape index (κ1) is 19.1. The van der Waals surface area contributed by atoms with Crippen molar-refractivity contribution in [3.63, 3.8) is 0 Å². The Morgan fingerprint density at radius 2 is 1.85 bits per heavy atom. The zero-order valence-corrected chi connectivity index (χ0v) is 15.3. The molecule has 1 heterocycles. The van der Waals surface area contributed by atoms with Crippen LogP contribution in [0.1, 0.15) is 0 Å². The van der Waals surface area contributed by atoms with E-state index in [4.69, 9.17) is 16.3 Å². The van der Waals surface area contributed by atoms with Crippen LogP contribution in [0.3, 0.4) is 0 Å². The molecule has 0 aliphatic carbocycles. The van der Waals surface area contributed by atoms with E-state index >= 15 is 0 Å². The second kappa shape index (κ2) is 8.79. The van der Waals surface area contributed by atoms with Crippen molar-refractivity contribution in [2.75, 3.05) is 11.9 Å². The Labute approximate surface area is 162 Å². The number of alkyl halides is 2. The molecule has 0 aliphatic heterocycles. The van der Waals surface area contributed by atoms with Gasteiger partial charge in [0.2, 0.25) is 0 Å². The Balaban J connectivity index is 1.64. The van der Waals surface area contributed by atoms with E-state index in [1.54, 1.807) is 47.8 Å². The molecule has 3 rings (SSSR count). The lowest BCUT2D eigenvalue weighted by atomic mass is 10.1. The van der Waals surface area contributed by atoms with Gasteiger partial charge in [0.25, 0.3) is 5.91 Å². The number of aromatic nitrogens is 1. The molecule has 9 heteroatoms. The summed E-state index contributed by atoms with van der Waals surface area (Å²) in [4.78, 5) is 16.3. The summed E-state index contributed by atoms with van der Waals surface area (Å²) < 4.78 is 34.9. The largest absolute Gasteiger partial charge is 0.482 e. The fourth-order valence-corrected chi connectivity index (χ4v) is 3.11. The first-order valence-electron chi connectivity index (χ1n) is 7.70. The number of carbonyl (C=O) groups is 1. The third-order valence-corrected chi connectivity index (χ3v) is 4.39. The summed E-state index contributed by atoms with van der Waals surface area (Å²) in [6.45, 7) is -3.19. The number of hydrogen-bond acceptors (Lipinski definition) is 5. The van der Waals surface area contributed by atoms with Gasteiger partial charge in [-0.3, -0.25) is 10.1 Å². The number of nitrogens with zero attached hydrogens (tertiary/aromatic N) is 1. The maximum atomic E-state index is 12.5. The number of amides is 1. The Bertz CT molecular complexity index is 936. The lowest BCUT2D eigenvalue weighted by Gasteiger charge is -2.08. The first-order chi connectivity index (χ1) is 13.0. The van der Waals surface area contributed by atoms with E-state index in [9.17, 15) is 13.6 Å². The molecule has 27 heavy (non-hydrogen) atoms. The summed E-state index contributed by atoms with van der Waals surface area (Å²) in [7, 11) is 0. The van der Waals surface area contributed by atoms with Gasteiger partial charge in [-0.15, -0.1) is 11.3 Å². The van der Waals surface area contributed by atoms with E-state index < -0.39 is 12.5 Å². The monoisotopic (exact) mass is 410 g/mol. The van der Waals surface area contributed by atoms with E-state index in [-0.39, 0.29) is 12.4 Å². The smallest absolute Gasteiger partial charge is 0.387 e. The van der Waals surface area contributed by atoms with Crippen molar-refractivity contribution < 1.29 is 23.0 Å². The summed E-state index contributed by atoms with van der Waals surface area (Å²) in [5.74, 6) is -0.0158. The van der Waals surface area contributed by atoms with E-state index in [0.29, 0.717) is 27.2 Å². The van der Waals surface area contributed by atoms with Crippen LogP contribution in [0.2, 0.25) is 5.02 Å². The molecule has 0 saturated carbocycles. The van der Waals surface area contributed by atoms with Gasteiger partial charge in [-0.05, 0) is 24.3 Å². The van der Waals surface area contributed by atoms with Gasteiger partial charge in [0, 0.05) is 10.9 Å². The number of para-hydroxylation sites is 2. The van der Waals surface area contributed by atoms with Crippen LogP contribution >= 0.6 is 22.9 Å². The molecule has 140 valence electrons. The van der Waals surface area contributed by atoms with Gasteiger partial charge in [0.15, 0.2) is 11.7 Å². The highest BCUT2D eigenvalue weighted by molar-refractivity contribution is 7.14. The van der Waals surface area contributed by atoms with Crippen molar-refractivity contribution in [2.24, 2.45) is 0 Å². The van der Waals surface area contributed by atoms with Crippen LogP contribution in [0, 0.1) is 0 Å². The minimum Gasteiger partial charge on any atom is -0.482 e. The number of halogens is 3. The molecule has 0 atom stereocenters. The Hall–Kier alpha value is -2.71. The standard InChI is InChI=1S/C18H13ClF2N2O3S/c19-12-6-2-4-8-15(12)25-9-16(24)23-18-22-13(10-27-18)11-5-1-3-7-14(11)26-17(20)21/h1-8,10,17H,9H2,(H,22,23,24). The molecule has 3 aromatic rings. The minimum absolute atomic E-state index is 0.0118. The number of hydrogen-bond donors (Lipinski definition) is 1. The maximum absolute atomic E-state index is 12.5. The molecular weight excluding hydrogens is 398 g/mol. The van der Waals surface area contributed by atoms with Gasteiger partial charge in [-0.2, -0.15) is 8.78 Å². The van der Waals surface area contributed by atoms with Crippen molar-refractivity contribution in [2.45, 2.75) is 6.61 Å². The molecule has 0 radical (unpaired) electrons. The van der Waals surface area contributed by atoms with Gasteiger partial charge in [-0.1, -0.05) is 35.9 Å². The molecule has 1 amide bonds. The zero-order valence-electron chi connectivity index (χ0n) is 13.7. The number of benzene rings is 2. The van der Waals surface area contributed by atoms with E-state index in [0.717, 1.165) is 11.3 Å². The SMILES string of the molecule is O=C(COc1ccccc1Cl)Nc1nc(-c2ccccc2OC(F)F)cs1. The summed E-state index contributed by atoms with van der Waals surface area (Å²) in [5.41, 5.74) is 0.820.